The van der Waals surface area contributed by atoms with Crippen molar-refractivity contribution in [3.63, 3.8) is 0 Å². The molecule has 1 aliphatic heterocycles. The Balaban J connectivity index is 1.66. The number of ether oxygens (including phenoxy) is 2. The van der Waals surface area contributed by atoms with Gasteiger partial charge in [-0.15, -0.1) is 0 Å². The predicted molar refractivity (Wildman–Crippen MR) is 141 cm³/mol. The quantitative estimate of drug-likeness (QED) is 0.235. The largest absolute Gasteiger partial charge is 0.490 e. The van der Waals surface area contributed by atoms with Crippen LogP contribution in [0.1, 0.15) is 43.1 Å². The van der Waals surface area contributed by atoms with Crippen LogP contribution < -0.4 is 15.1 Å². The molecule has 186 valence electrons. The van der Waals surface area contributed by atoms with Gasteiger partial charge in [-0.2, -0.15) is 0 Å². The van der Waals surface area contributed by atoms with Gasteiger partial charge in [0.25, 0.3) is 5.91 Å². The smallest absolute Gasteiger partial charge is 0.350 e. The number of amides is 1. The third-order valence-corrected chi connectivity index (χ3v) is 6.99. The molecule has 1 amide bonds. The molecule has 0 saturated carbocycles. The standard InChI is InChI=1S/C28H22N2O6S/c1-4-14-34-18-12-10-17(11-13-18)22-21-23(31)19-8-6-7-9-20(19)36-24(21)26(32)30(22)28-29-16(3)25(37-28)27(33)35-15-5-2/h4-13,22H,1-2,14-15H2,3H3/t22-/m0/s1. The lowest BCUT2D eigenvalue weighted by molar-refractivity contribution is 0.0554. The van der Waals surface area contributed by atoms with Crippen molar-refractivity contribution in [1.29, 1.82) is 0 Å². The molecule has 0 saturated heterocycles. The van der Waals surface area contributed by atoms with E-state index in [1.807, 2.05) is 0 Å². The summed E-state index contributed by atoms with van der Waals surface area (Å²) in [5.74, 6) is -0.521. The van der Waals surface area contributed by atoms with Crippen molar-refractivity contribution in [3.05, 3.63) is 112 Å². The maximum atomic E-state index is 13.7. The number of anilines is 1. The molecule has 0 N–H and O–H groups in total. The molecule has 8 nitrogen and oxygen atoms in total. The minimum atomic E-state index is -0.820. The van der Waals surface area contributed by atoms with E-state index in [1.165, 1.54) is 11.0 Å². The third-order valence-electron chi connectivity index (χ3n) is 5.85. The van der Waals surface area contributed by atoms with Crippen molar-refractivity contribution < 1.29 is 23.5 Å². The average molecular weight is 515 g/mol. The number of carbonyl (C=O) groups excluding carboxylic acids is 2. The van der Waals surface area contributed by atoms with Gasteiger partial charge in [0.1, 0.15) is 29.4 Å². The zero-order chi connectivity index (χ0) is 26.1. The third kappa shape index (κ3) is 4.23. The van der Waals surface area contributed by atoms with E-state index < -0.39 is 17.9 Å². The highest BCUT2D eigenvalue weighted by Gasteiger charge is 2.45. The van der Waals surface area contributed by atoms with Crippen molar-refractivity contribution in [2.24, 2.45) is 0 Å². The van der Waals surface area contributed by atoms with Crippen LogP contribution in [0.2, 0.25) is 0 Å². The summed E-state index contributed by atoms with van der Waals surface area (Å²) in [7, 11) is 0. The lowest BCUT2D eigenvalue weighted by atomic mass is 9.98. The second-order valence-corrected chi connectivity index (χ2v) is 9.19. The SMILES string of the molecule is C=CCOC(=O)c1sc(N2C(=O)c3oc4ccccc4c(=O)c3[C@@H]2c2ccc(OCC=C)cc2)nc1C. The summed E-state index contributed by atoms with van der Waals surface area (Å²) in [4.78, 5) is 46.1. The topological polar surface area (TPSA) is 98.9 Å². The molecule has 5 rings (SSSR count). The number of aromatic nitrogens is 1. The Hall–Kier alpha value is -4.50. The molecular weight excluding hydrogens is 492 g/mol. The Bertz CT molecular complexity index is 1600. The number of para-hydroxylation sites is 1. The molecule has 9 heteroatoms. The zero-order valence-corrected chi connectivity index (χ0v) is 20.7. The first-order chi connectivity index (χ1) is 17.9. The molecule has 0 aliphatic carbocycles. The maximum Gasteiger partial charge on any atom is 0.350 e. The Kier molecular flexibility index (Phi) is 6.45. The fourth-order valence-corrected chi connectivity index (χ4v) is 5.20. The molecule has 1 atom stereocenters. The van der Waals surface area contributed by atoms with Crippen molar-refractivity contribution in [2.75, 3.05) is 18.1 Å². The number of benzene rings is 2. The Morgan fingerprint density at radius 1 is 1.11 bits per heavy atom. The minimum Gasteiger partial charge on any atom is -0.490 e. The van der Waals surface area contributed by atoms with Crippen LogP contribution in [-0.4, -0.2) is 30.1 Å². The van der Waals surface area contributed by atoms with Crippen LogP contribution in [-0.2, 0) is 4.74 Å². The van der Waals surface area contributed by atoms with E-state index in [-0.39, 0.29) is 33.4 Å². The van der Waals surface area contributed by atoms with Gasteiger partial charge in [0.2, 0.25) is 5.76 Å². The number of rotatable bonds is 8. The number of fused-ring (bicyclic) bond motifs is 2. The monoisotopic (exact) mass is 514 g/mol. The summed E-state index contributed by atoms with van der Waals surface area (Å²) in [5, 5.41) is 0.621. The van der Waals surface area contributed by atoms with Gasteiger partial charge in [0.15, 0.2) is 10.6 Å². The summed E-state index contributed by atoms with van der Waals surface area (Å²) >= 11 is 1.02. The van der Waals surface area contributed by atoms with E-state index in [9.17, 15) is 14.4 Å². The first-order valence-corrected chi connectivity index (χ1v) is 12.2. The molecule has 0 fully saturated rings. The Morgan fingerprint density at radius 3 is 2.57 bits per heavy atom. The molecule has 2 aromatic carbocycles. The summed E-state index contributed by atoms with van der Waals surface area (Å²) in [6, 6.07) is 13.1. The van der Waals surface area contributed by atoms with E-state index in [2.05, 4.69) is 18.1 Å². The van der Waals surface area contributed by atoms with Gasteiger partial charge in [-0.25, -0.2) is 9.78 Å². The lowest BCUT2D eigenvalue weighted by Gasteiger charge is -2.22. The molecule has 3 heterocycles. The van der Waals surface area contributed by atoms with Gasteiger partial charge in [0, 0.05) is 0 Å². The highest BCUT2D eigenvalue weighted by molar-refractivity contribution is 7.17. The van der Waals surface area contributed by atoms with Crippen LogP contribution in [0.3, 0.4) is 0 Å². The van der Waals surface area contributed by atoms with Gasteiger partial charge < -0.3 is 13.9 Å². The second-order valence-electron chi connectivity index (χ2n) is 8.21. The molecule has 1 aliphatic rings. The van der Waals surface area contributed by atoms with Gasteiger partial charge in [-0.05, 0) is 36.8 Å². The normalized spacial score (nSPS) is 14.5. The van der Waals surface area contributed by atoms with Crippen molar-refractivity contribution in [1.82, 2.24) is 4.98 Å². The van der Waals surface area contributed by atoms with Crippen LogP contribution >= 0.6 is 11.3 Å². The van der Waals surface area contributed by atoms with E-state index in [0.29, 0.717) is 34.6 Å². The van der Waals surface area contributed by atoms with Crippen molar-refractivity contribution in [3.8, 4) is 5.75 Å². The Morgan fingerprint density at radius 2 is 1.84 bits per heavy atom. The molecule has 37 heavy (non-hydrogen) atoms. The van der Waals surface area contributed by atoms with Crippen molar-refractivity contribution in [2.45, 2.75) is 13.0 Å². The molecule has 0 spiro atoms. The first-order valence-electron chi connectivity index (χ1n) is 11.4. The average Bonchev–Trinajstić information content (AvgIpc) is 3.43. The number of esters is 1. The molecular formula is C28H22N2O6S. The lowest BCUT2D eigenvalue weighted by Crippen LogP contribution is -2.29. The summed E-state index contributed by atoms with van der Waals surface area (Å²) < 4.78 is 16.7. The highest BCUT2D eigenvalue weighted by Crippen LogP contribution is 2.43. The number of nitrogens with zero attached hydrogens (tertiary/aromatic N) is 2. The van der Waals surface area contributed by atoms with Crippen LogP contribution in [0, 0.1) is 6.92 Å². The van der Waals surface area contributed by atoms with E-state index in [4.69, 9.17) is 13.9 Å². The van der Waals surface area contributed by atoms with Gasteiger partial charge in [0.05, 0.1) is 22.7 Å². The predicted octanol–water partition coefficient (Wildman–Crippen LogP) is 5.22. The molecule has 2 aromatic heterocycles. The fourth-order valence-electron chi connectivity index (χ4n) is 4.21. The first kappa shape index (κ1) is 24.2. The molecule has 0 radical (unpaired) electrons. The van der Waals surface area contributed by atoms with Crippen molar-refractivity contribution >= 4 is 39.3 Å². The number of aryl methyl sites for hydroxylation is 1. The van der Waals surface area contributed by atoms with Crippen LogP contribution in [0.15, 0.2) is 83.1 Å². The summed E-state index contributed by atoms with van der Waals surface area (Å²) in [6.07, 6.45) is 3.11. The number of hydrogen-bond acceptors (Lipinski definition) is 8. The number of hydrogen-bond donors (Lipinski definition) is 0. The zero-order valence-electron chi connectivity index (χ0n) is 19.9. The number of carbonyl (C=O) groups is 2. The van der Waals surface area contributed by atoms with Gasteiger partial charge in [-0.3, -0.25) is 14.5 Å². The summed E-state index contributed by atoms with van der Waals surface area (Å²) in [6.45, 7) is 9.25. The van der Waals surface area contributed by atoms with Gasteiger partial charge >= 0.3 is 5.97 Å². The van der Waals surface area contributed by atoms with Gasteiger partial charge in [-0.1, -0.05) is 60.9 Å². The van der Waals surface area contributed by atoms with E-state index in [0.717, 1.165) is 11.3 Å². The van der Waals surface area contributed by atoms with Crippen LogP contribution in [0.5, 0.6) is 5.75 Å². The van der Waals surface area contributed by atoms with E-state index >= 15 is 0 Å². The van der Waals surface area contributed by atoms with E-state index in [1.54, 1.807) is 61.5 Å². The molecule has 0 bridgehead atoms. The maximum absolute atomic E-state index is 13.7. The number of thiazole rings is 1. The Labute approximate surface area is 216 Å². The highest BCUT2D eigenvalue weighted by atomic mass is 32.1. The van der Waals surface area contributed by atoms with Crippen LogP contribution in [0.25, 0.3) is 11.0 Å². The summed E-state index contributed by atoms with van der Waals surface area (Å²) in [5.41, 5.74) is 1.30. The second kappa shape index (κ2) is 9.87. The fraction of sp³-hybridized carbons (Fsp3) is 0.143. The minimum absolute atomic E-state index is 0.0491. The molecule has 4 aromatic rings. The van der Waals surface area contributed by atoms with Crippen LogP contribution in [0.4, 0.5) is 5.13 Å². The molecule has 0 unspecified atom stereocenters.